The van der Waals surface area contributed by atoms with Gasteiger partial charge in [-0.15, -0.1) is 22.7 Å². The van der Waals surface area contributed by atoms with Gasteiger partial charge in [0.2, 0.25) is 5.91 Å². The van der Waals surface area contributed by atoms with Crippen molar-refractivity contribution in [3.8, 4) is 10.6 Å². The number of nitro groups is 1. The molecule has 4 rings (SSSR count). The number of esters is 1. The number of nitro benzene ring substituents is 1. The molecule has 0 atom stereocenters. The molecule has 1 N–H and O–H groups in total. The Morgan fingerprint density at radius 3 is 2.71 bits per heavy atom. The fraction of sp³-hybridized carbons (Fsp3) is 0.125. The van der Waals surface area contributed by atoms with Gasteiger partial charge >= 0.3 is 5.97 Å². The van der Waals surface area contributed by atoms with Gasteiger partial charge in [-0.3, -0.25) is 14.9 Å². The Hall–Kier alpha value is -3.89. The molecule has 8 nitrogen and oxygen atoms in total. The first-order valence-corrected chi connectivity index (χ1v) is 11.9. The van der Waals surface area contributed by atoms with Crippen LogP contribution in [0.4, 0.5) is 10.7 Å². The van der Waals surface area contributed by atoms with Gasteiger partial charge in [0, 0.05) is 23.8 Å². The fourth-order valence-electron chi connectivity index (χ4n) is 3.30. The molecule has 0 fully saturated rings. The maximum atomic E-state index is 12.7. The van der Waals surface area contributed by atoms with Gasteiger partial charge < -0.3 is 10.1 Å². The van der Waals surface area contributed by atoms with Gasteiger partial charge in [-0.05, 0) is 43.2 Å². The zero-order valence-electron chi connectivity index (χ0n) is 18.2. The maximum Gasteiger partial charge on any atom is 0.348 e. The number of rotatable bonds is 7. The highest BCUT2D eigenvalue weighted by atomic mass is 32.1. The number of benzene rings is 2. The van der Waals surface area contributed by atoms with Crippen LogP contribution in [0.5, 0.6) is 0 Å². The Labute approximate surface area is 202 Å². The van der Waals surface area contributed by atoms with Gasteiger partial charge in [-0.1, -0.05) is 24.3 Å². The van der Waals surface area contributed by atoms with Crippen molar-refractivity contribution < 1.29 is 19.2 Å². The number of nitrogens with zero attached hydrogens (tertiary/aromatic N) is 2. The molecule has 0 radical (unpaired) electrons. The predicted molar refractivity (Wildman–Crippen MR) is 134 cm³/mol. The van der Waals surface area contributed by atoms with Crippen LogP contribution in [0.2, 0.25) is 0 Å². The number of carbonyl (C=O) groups is 2. The highest BCUT2D eigenvalue weighted by molar-refractivity contribution is 7.23. The SMILES string of the molecule is CCOC(=O)c1sc(NC(=O)/C=C/c2cccc([N+](=O)[O-])c2)c(-c2nc3ccccc3s2)c1C. The molecule has 2 aromatic heterocycles. The van der Waals surface area contributed by atoms with Crippen LogP contribution in [0.1, 0.15) is 27.7 Å². The summed E-state index contributed by atoms with van der Waals surface area (Å²) in [7, 11) is 0. The fourth-order valence-corrected chi connectivity index (χ4v) is 5.54. The van der Waals surface area contributed by atoms with E-state index in [4.69, 9.17) is 9.72 Å². The van der Waals surface area contributed by atoms with Crippen LogP contribution < -0.4 is 5.32 Å². The second-order valence-electron chi connectivity index (χ2n) is 7.14. The number of fused-ring (bicyclic) bond motifs is 1. The molecule has 172 valence electrons. The van der Waals surface area contributed by atoms with E-state index in [1.165, 1.54) is 35.6 Å². The number of non-ortho nitro benzene ring substituents is 1. The molecule has 0 aliphatic rings. The number of nitrogens with one attached hydrogen (secondary N) is 1. The van der Waals surface area contributed by atoms with Crippen LogP contribution in [-0.2, 0) is 9.53 Å². The van der Waals surface area contributed by atoms with Gasteiger partial charge in [0.05, 0.1) is 21.7 Å². The molecular formula is C24H19N3O5S2. The molecule has 0 saturated carbocycles. The lowest BCUT2D eigenvalue weighted by atomic mass is 10.1. The summed E-state index contributed by atoms with van der Waals surface area (Å²) in [4.78, 5) is 40.8. The molecule has 0 saturated heterocycles. The molecule has 34 heavy (non-hydrogen) atoms. The van der Waals surface area contributed by atoms with E-state index in [1.54, 1.807) is 26.0 Å². The van der Waals surface area contributed by atoms with E-state index < -0.39 is 16.8 Å². The molecule has 1 amide bonds. The minimum absolute atomic E-state index is 0.0614. The number of thiazole rings is 1. The lowest BCUT2D eigenvalue weighted by molar-refractivity contribution is -0.384. The van der Waals surface area contributed by atoms with Crippen molar-refractivity contribution in [2.75, 3.05) is 11.9 Å². The first-order chi connectivity index (χ1) is 16.4. The number of aromatic nitrogens is 1. The Balaban J connectivity index is 1.68. The second-order valence-corrected chi connectivity index (χ2v) is 9.19. The van der Waals surface area contributed by atoms with E-state index in [0.29, 0.717) is 31.6 Å². The third-order valence-corrected chi connectivity index (χ3v) is 7.10. The summed E-state index contributed by atoms with van der Waals surface area (Å²) in [5.74, 6) is -0.898. The number of carbonyl (C=O) groups excluding carboxylic acids is 2. The Bertz CT molecular complexity index is 1400. The second kappa shape index (κ2) is 9.94. The van der Waals surface area contributed by atoms with Gasteiger partial charge in [0.15, 0.2) is 0 Å². The van der Waals surface area contributed by atoms with Gasteiger partial charge in [0.25, 0.3) is 5.69 Å². The van der Waals surface area contributed by atoms with Crippen molar-refractivity contribution in [3.63, 3.8) is 0 Å². The number of thiophene rings is 1. The van der Waals surface area contributed by atoms with Crippen LogP contribution in [0.3, 0.4) is 0 Å². The van der Waals surface area contributed by atoms with Gasteiger partial charge in [-0.2, -0.15) is 0 Å². The smallest absolute Gasteiger partial charge is 0.348 e. The van der Waals surface area contributed by atoms with Crippen molar-refractivity contribution in [1.29, 1.82) is 0 Å². The third kappa shape index (κ3) is 4.87. The Morgan fingerprint density at radius 2 is 1.97 bits per heavy atom. The van der Waals surface area contributed by atoms with Crippen LogP contribution in [0.15, 0.2) is 54.6 Å². The number of para-hydroxylation sites is 1. The molecular weight excluding hydrogens is 474 g/mol. The summed E-state index contributed by atoms with van der Waals surface area (Å²) in [6, 6.07) is 13.7. The molecule has 0 unspecified atom stereocenters. The van der Waals surface area contributed by atoms with E-state index in [1.807, 2.05) is 24.3 Å². The first-order valence-electron chi connectivity index (χ1n) is 10.3. The Morgan fingerprint density at radius 1 is 1.18 bits per heavy atom. The lowest BCUT2D eigenvalue weighted by Crippen LogP contribution is -2.07. The maximum absolute atomic E-state index is 12.7. The van der Waals surface area contributed by atoms with Crippen molar-refractivity contribution in [3.05, 3.63) is 80.7 Å². The number of ether oxygens (including phenoxy) is 1. The first kappa shape index (κ1) is 23.3. The highest BCUT2D eigenvalue weighted by Crippen LogP contribution is 2.43. The summed E-state index contributed by atoms with van der Waals surface area (Å²) in [5.41, 5.74) is 2.64. The molecule has 4 aromatic rings. The van der Waals surface area contributed by atoms with Crippen molar-refractivity contribution in [2.24, 2.45) is 0 Å². The summed E-state index contributed by atoms with van der Waals surface area (Å²) in [6.07, 6.45) is 2.78. The number of hydrogen-bond donors (Lipinski definition) is 1. The van der Waals surface area contributed by atoms with Gasteiger partial charge in [-0.25, -0.2) is 9.78 Å². The van der Waals surface area contributed by atoms with Crippen molar-refractivity contribution in [1.82, 2.24) is 4.98 Å². The number of amides is 1. The molecule has 2 heterocycles. The van der Waals surface area contributed by atoms with E-state index >= 15 is 0 Å². The molecule has 0 spiro atoms. The summed E-state index contributed by atoms with van der Waals surface area (Å²) < 4.78 is 6.17. The average molecular weight is 494 g/mol. The standard InChI is InChI=1S/C24H19N3O5S2/c1-3-32-24(29)21-14(2)20(22-25-17-9-4-5-10-18(17)33-22)23(34-21)26-19(28)12-11-15-7-6-8-16(13-15)27(30)31/h4-13H,3H2,1-2H3,(H,26,28)/b12-11+. The molecule has 0 aliphatic carbocycles. The normalized spacial score (nSPS) is 11.1. The van der Waals surface area contributed by atoms with E-state index in [9.17, 15) is 19.7 Å². The molecule has 0 bridgehead atoms. The Kier molecular flexibility index (Phi) is 6.80. The third-order valence-electron chi connectivity index (χ3n) is 4.86. The largest absolute Gasteiger partial charge is 0.462 e. The van der Waals surface area contributed by atoms with Gasteiger partial charge in [0.1, 0.15) is 14.9 Å². The topological polar surface area (TPSA) is 111 Å². The van der Waals surface area contributed by atoms with Crippen LogP contribution >= 0.6 is 22.7 Å². The lowest BCUT2D eigenvalue weighted by Gasteiger charge is -2.03. The molecule has 10 heteroatoms. The number of anilines is 1. The number of hydrogen-bond acceptors (Lipinski definition) is 8. The predicted octanol–water partition coefficient (Wildman–Crippen LogP) is 6.07. The quantitative estimate of drug-likeness (QED) is 0.145. The van der Waals surface area contributed by atoms with E-state index in [-0.39, 0.29) is 12.3 Å². The van der Waals surface area contributed by atoms with Crippen LogP contribution in [-0.4, -0.2) is 28.4 Å². The summed E-state index contributed by atoms with van der Waals surface area (Å²) in [5, 5.41) is 15.0. The highest BCUT2D eigenvalue weighted by Gasteiger charge is 2.25. The summed E-state index contributed by atoms with van der Waals surface area (Å²) >= 11 is 2.60. The monoisotopic (exact) mass is 493 g/mol. The van der Waals surface area contributed by atoms with E-state index in [0.717, 1.165) is 21.6 Å². The summed E-state index contributed by atoms with van der Waals surface area (Å²) in [6.45, 7) is 3.77. The minimum Gasteiger partial charge on any atom is -0.462 e. The molecule has 2 aromatic carbocycles. The zero-order chi connectivity index (χ0) is 24.2. The molecule has 0 aliphatic heterocycles. The minimum atomic E-state index is -0.493. The van der Waals surface area contributed by atoms with Crippen LogP contribution in [0, 0.1) is 17.0 Å². The average Bonchev–Trinajstić information content (AvgIpc) is 3.38. The van der Waals surface area contributed by atoms with Crippen LogP contribution in [0.25, 0.3) is 26.9 Å². The van der Waals surface area contributed by atoms with Crippen molar-refractivity contribution >= 4 is 61.5 Å². The zero-order valence-corrected chi connectivity index (χ0v) is 19.9. The van der Waals surface area contributed by atoms with E-state index in [2.05, 4.69) is 5.32 Å². The van der Waals surface area contributed by atoms with Crippen molar-refractivity contribution in [2.45, 2.75) is 13.8 Å².